The molecule has 0 unspecified atom stereocenters. The van der Waals surface area contributed by atoms with E-state index in [1.165, 1.54) is 0 Å². The molecule has 0 atom stereocenters. The fourth-order valence-corrected chi connectivity index (χ4v) is 0.391. The molecular weight excluding hydrogens is 132 g/mol. The van der Waals surface area contributed by atoms with E-state index in [4.69, 9.17) is 5.73 Å². The van der Waals surface area contributed by atoms with Crippen LogP contribution in [0.3, 0.4) is 0 Å². The minimum Gasteiger partial charge on any atom is -0.390 e. The third-order valence-electron chi connectivity index (χ3n) is 0.677. The molecule has 0 saturated carbocycles. The summed E-state index contributed by atoms with van der Waals surface area (Å²) >= 11 is 4.60. The van der Waals surface area contributed by atoms with Gasteiger partial charge in [0.1, 0.15) is 0 Å². The summed E-state index contributed by atoms with van der Waals surface area (Å²) in [4.78, 5) is 0.406. The molecule has 0 spiro atoms. The van der Waals surface area contributed by atoms with Gasteiger partial charge in [0.2, 0.25) is 0 Å². The van der Waals surface area contributed by atoms with Gasteiger partial charge in [-0.1, -0.05) is 12.2 Å². The Morgan fingerprint density at radius 3 is 2.56 bits per heavy atom. The maximum Gasteiger partial charge on any atom is 0.0976 e. The van der Waals surface area contributed by atoms with Crippen molar-refractivity contribution in [3.05, 3.63) is 12.3 Å². The van der Waals surface area contributed by atoms with Gasteiger partial charge in [0.15, 0.2) is 0 Å². The maximum absolute atomic E-state index is 5.18. The largest absolute Gasteiger partial charge is 0.390 e. The van der Waals surface area contributed by atoms with Gasteiger partial charge in [-0.15, -0.1) is 0 Å². The van der Waals surface area contributed by atoms with Crippen molar-refractivity contribution < 1.29 is 0 Å². The Hall–Kier alpha value is -0.570. The minimum absolute atomic E-state index is 0.406. The van der Waals surface area contributed by atoms with E-state index in [2.05, 4.69) is 17.5 Å². The first-order valence-electron chi connectivity index (χ1n) is 2.85. The van der Waals surface area contributed by atoms with Gasteiger partial charge in [-0.3, -0.25) is 0 Å². The zero-order valence-electron chi connectivity index (χ0n) is 5.72. The van der Waals surface area contributed by atoms with E-state index in [-0.39, 0.29) is 0 Å². The van der Waals surface area contributed by atoms with Gasteiger partial charge in [0.05, 0.1) is 4.99 Å². The maximum atomic E-state index is 5.18. The molecule has 0 aromatic rings. The molecule has 52 valence electrons. The third kappa shape index (κ3) is 7.43. The van der Waals surface area contributed by atoms with Crippen LogP contribution in [0.1, 0.15) is 13.8 Å². The molecule has 0 fully saturated rings. The fourth-order valence-electron chi connectivity index (χ4n) is 0.323. The summed E-state index contributed by atoms with van der Waals surface area (Å²) in [7, 11) is 0. The van der Waals surface area contributed by atoms with E-state index in [9.17, 15) is 0 Å². The second-order valence-corrected chi connectivity index (χ2v) is 2.53. The van der Waals surface area contributed by atoms with Crippen molar-refractivity contribution in [2.24, 2.45) is 5.73 Å². The molecule has 3 heteroatoms. The average Bonchev–Trinajstić information content (AvgIpc) is 1.63. The highest BCUT2D eigenvalue weighted by Gasteiger charge is 1.82. The van der Waals surface area contributed by atoms with Crippen LogP contribution in [0.25, 0.3) is 0 Å². The van der Waals surface area contributed by atoms with Crippen molar-refractivity contribution in [1.29, 1.82) is 0 Å². The smallest absolute Gasteiger partial charge is 0.0976 e. The van der Waals surface area contributed by atoms with Gasteiger partial charge in [-0.25, -0.2) is 0 Å². The molecule has 0 aromatic carbocycles. The Kier molecular flexibility index (Phi) is 4.05. The predicted octanol–water partition coefficient (Wildman–Crippen LogP) is 0.784. The van der Waals surface area contributed by atoms with Gasteiger partial charge in [-0.2, -0.15) is 0 Å². The number of hydrogen-bond acceptors (Lipinski definition) is 2. The zero-order valence-corrected chi connectivity index (χ0v) is 6.53. The molecular formula is C6H12N2S. The van der Waals surface area contributed by atoms with Crippen LogP contribution in [0.4, 0.5) is 0 Å². The monoisotopic (exact) mass is 144 g/mol. The quantitative estimate of drug-likeness (QED) is 0.454. The van der Waals surface area contributed by atoms with Crippen LogP contribution < -0.4 is 11.1 Å². The van der Waals surface area contributed by atoms with Crippen LogP contribution in [0.15, 0.2) is 12.3 Å². The highest BCUT2D eigenvalue weighted by Crippen LogP contribution is 1.76. The van der Waals surface area contributed by atoms with Gasteiger partial charge >= 0.3 is 0 Å². The molecule has 0 radical (unpaired) electrons. The van der Waals surface area contributed by atoms with Crippen LogP contribution in [0.5, 0.6) is 0 Å². The van der Waals surface area contributed by atoms with Crippen molar-refractivity contribution in [2.45, 2.75) is 19.9 Å². The Labute approximate surface area is 61.1 Å². The molecule has 0 aliphatic carbocycles. The Morgan fingerprint density at radius 2 is 2.22 bits per heavy atom. The van der Waals surface area contributed by atoms with Crippen molar-refractivity contribution >= 4 is 17.2 Å². The number of nitrogens with one attached hydrogen (secondary N) is 1. The summed E-state index contributed by atoms with van der Waals surface area (Å²) in [6.07, 6.45) is 3.42. The molecule has 0 rings (SSSR count). The first-order chi connectivity index (χ1) is 4.13. The summed E-state index contributed by atoms with van der Waals surface area (Å²) in [6.45, 7) is 4.09. The molecule has 0 heterocycles. The van der Waals surface area contributed by atoms with Crippen molar-refractivity contribution in [3.8, 4) is 0 Å². The summed E-state index contributed by atoms with van der Waals surface area (Å²) in [5.41, 5.74) is 5.18. The molecule has 9 heavy (non-hydrogen) atoms. The molecule has 3 N–H and O–H groups in total. The minimum atomic E-state index is 0.406. The molecule has 0 amide bonds. The van der Waals surface area contributed by atoms with E-state index in [0.717, 1.165) is 0 Å². The van der Waals surface area contributed by atoms with Crippen LogP contribution in [0, 0.1) is 0 Å². The van der Waals surface area contributed by atoms with Crippen LogP contribution in [-0.2, 0) is 0 Å². The summed E-state index contributed by atoms with van der Waals surface area (Å²) in [6, 6.07) is 0.440. The molecule has 0 bridgehead atoms. The number of thiocarbonyl (C=S) groups is 1. The molecule has 0 aliphatic heterocycles. The van der Waals surface area contributed by atoms with Crippen LogP contribution in [-0.4, -0.2) is 11.0 Å². The second-order valence-electron chi connectivity index (χ2n) is 2.06. The normalized spacial score (nSPS) is 10.6. The van der Waals surface area contributed by atoms with Gasteiger partial charge in [0.25, 0.3) is 0 Å². The van der Waals surface area contributed by atoms with Gasteiger partial charge in [-0.05, 0) is 26.1 Å². The van der Waals surface area contributed by atoms with E-state index in [1.54, 1.807) is 12.3 Å². The Balaban J connectivity index is 3.36. The summed E-state index contributed by atoms with van der Waals surface area (Å²) in [5, 5.41) is 3.03. The SMILES string of the molecule is CC(C)N/C=C/C(N)=S. The number of hydrogen-bond donors (Lipinski definition) is 2. The number of rotatable bonds is 3. The molecule has 2 nitrogen and oxygen atoms in total. The highest BCUT2D eigenvalue weighted by molar-refractivity contribution is 7.80. The van der Waals surface area contributed by atoms with E-state index in [0.29, 0.717) is 11.0 Å². The first-order valence-corrected chi connectivity index (χ1v) is 3.26. The van der Waals surface area contributed by atoms with Gasteiger partial charge in [0, 0.05) is 6.04 Å². The lowest BCUT2D eigenvalue weighted by molar-refractivity contribution is 0.703. The summed E-state index contributed by atoms with van der Waals surface area (Å²) < 4.78 is 0. The molecule has 0 saturated heterocycles. The lowest BCUT2D eigenvalue weighted by atomic mass is 10.4. The second kappa shape index (κ2) is 4.32. The van der Waals surface area contributed by atoms with Crippen LogP contribution in [0.2, 0.25) is 0 Å². The first kappa shape index (κ1) is 8.43. The predicted molar refractivity (Wildman–Crippen MR) is 44.2 cm³/mol. The Morgan fingerprint density at radius 1 is 1.67 bits per heavy atom. The van der Waals surface area contributed by atoms with Gasteiger partial charge < -0.3 is 11.1 Å². The highest BCUT2D eigenvalue weighted by atomic mass is 32.1. The van der Waals surface area contributed by atoms with Crippen molar-refractivity contribution in [3.63, 3.8) is 0 Å². The standard InChI is InChI=1S/C6H12N2S/c1-5(2)8-4-3-6(7)9/h3-5,8H,1-2H3,(H2,7,9)/b4-3+. The molecule has 0 aromatic heterocycles. The number of nitrogens with two attached hydrogens (primary N) is 1. The molecule has 0 aliphatic rings. The van der Waals surface area contributed by atoms with E-state index < -0.39 is 0 Å². The third-order valence-corrected chi connectivity index (χ3v) is 0.813. The van der Waals surface area contributed by atoms with Crippen molar-refractivity contribution in [2.75, 3.05) is 0 Å². The Bertz CT molecular complexity index is 118. The average molecular weight is 144 g/mol. The lowest BCUT2D eigenvalue weighted by Crippen LogP contribution is -2.16. The zero-order chi connectivity index (χ0) is 7.28. The van der Waals surface area contributed by atoms with E-state index >= 15 is 0 Å². The topological polar surface area (TPSA) is 38.0 Å². The summed E-state index contributed by atoms with van der Waals surface area (Å²) in [5.74, 6) is 0. The van der Waals surface area contributed by atoms with E-state index in [1.807, 2.05) is 13.8 Å². The fraction of sp³-hybridized carbons (Fsp3) is 0.500. The van der Waals surface area contributed by atoms with Crippen molar-refractivity contribution in [1.82, 2.24) is 5.32 Å². The van der Waals surface area contributed by atoms with Crippen LogP contribution >= 0.6 is 12.2 Å². The lowest BCUT2D eigenvalue weighted by Gasteiger charge is -2.01.